The number of hydrogen-bond acceptors (Lipinski definition) is 5. The lowest BCUT2D eigenvalue weighted by Crippen LogP contribution is -2.33. The van der Waals surface area contributed by atoms with Crippen molar-refractivity contribution in [1.82, 2.24) is 4.72 Å². The number of carbonyl (C=O) groups excluding carboxylic acids is 1. The number of hydrogen-bond donors (Lipinski definition) is 2. The van der Waals surface area contributed by atoms with E-state index in [-0.39, 0.29) is 11.8 Å². The van der Waals surface area contributed by atoms with Crippen LogP contribution < -0.4 is 19.5 Å². The molecule has 1 atom stereocenters. The Hall–Kier alpha value is -2.58. The molecule has 0 fully saturated rings. The van der Waals surface area contributed by atoms with E-state index in [4.69, 9.17) is 9.47 Å². The zero-order valence-corrected chi connectivity index (χ0v) is 20.7. The Kier molecular flexibility index (Phi) is 11.8. The van der Waals surface area contributed by atoms with E-state index < -0.39 is 15.3 Å². The zero-order valence-electron chi connectivity index (χ0n) is 19.8. The molecular weight excluding hydrogens is 428 g/mol. The lowest BCUT2D eigenvalue weighted by atomic mass is 10.0. The third-order valence-corrected chi connectivity index (χ3v) is 6.25. The number of carbonyl (C=O) groups is 1. The average molecular weight is 465 g/mol. The van der Waals surface area contributed by atoms with Gasteiger partial charge in [-0.3, -0.25) is 4.79 Å². The van der Waals surface area contributed by atoms with E-state index in [9.17, 15) is 13.2 Å². The summed E-state index contributed by atoms with van der Waals surface area (Å²) in [5.41, 5.74) is 1.71. The van der Waals surface area contributed by atoms with Crippen molar-refractivity contribution in [2.24, 2.45) is 0 Å². The molecule has 2 aromatic carbocycles. The highest BCUT2D eigenvalue weighted by atomic mass is 32.2. The van der Waals surface area contributed by atoms with Crippen LogP contribution in [0, 0.1) is 0 Å². The molecule has 0 aliphatic heterocycles. The summed E-state index contributed by atoms with van der Waals surface area (Å²) < 4.78 is 37.7. The Morgan fingerprint density at radius 1 is 0.938 bits per heavy atom. The summed E-state index contributed by atoms with van der Waals surface area (Å²) in [6.07, 6.45) is 0. The van der Waals surface area contributed by atoms with Crippen LogP contribution in [0.3, 0.4) is 0 Å². The van der Waals surface area contributed by atoms with Crippen molar-refractivity contribution in [3.05, 3.63) is 54.1 Å². The number of benzene rings is 2. The van der Waals surface area contributed by atoms with Gasteiger partial charge in [0.1, 0.15) is 24.7 Å². The Balaban J connectivity index is 0.00000249. The number of ether oxygens (including phenoxy) is 2. The number of rotatable bonds is 11. The second-order valence-electron chi connectivity index (χ2n) is 7.32. The van der Waals surface area contributed by atoms with E-state index in [1.807, 2.05) is 57.2 Å². The Labute approximate surface area is 192 Å². The summed E-state index contributed by atoms with van der Waals surface area (Å²) in [6, 6.07) is 14.8. The first-order chi connectivity index (χ1) is 15.2. The van der Waals surface area contributed by atoms with Crippen LogP contribution in [0.15, 0.2) is 48.5 Å². The van der Waals surface area contributed by atoms with Crippen LogP contribution in [-0.4, -0.2) is 39.3 Å². The van der Waals surface area contributed by atoms with Crippen molar-refractivity contribution in [3.8, 4) is 11.5 Å². The molecule has 0 aromatic heterocycles. The maximum absolute atomic E-state index is 11.9. The van der Waals surface area contributed by atoms with Gasteiger partial charge in [-0.15, -0.1) is 0 Å². The predicted octanol–water partition coefficient (Wildman–Crippen LogP) is 4.56. The van der Waals surface area contributed by atoms with Crippen LogP contribution in [0.2, 0.25) is 0 Å². The first-order valence-corrected chi connectivity index (χ1v) is 12.4. The van der Waals surface area contributed by atoms with E-state index in [1.54, 1.807) is 26.0 Å². The third-order valence-electron chi connectivity index (χ3n) is 4.44. The maximum Gasteiger partial charge on any atom is 0.221 e. The summed E-state index contributed by atoms with van der Waals surface area (Å²) in [7, 11) is -3.27. The minimum absolute atomic E-state index is 0.0480. The minimum Gasteiger partial charge on any atom is -0.490 e. The molecule has 1 unspecified atom stereocenters. The summed E-state index contributed by atoms with van der Waals surface area (Å²) in [6.45, 7) is 11.8. The fourth-order valence-corrected chi connectivity index (χ4v) is 3.42. The van der Waals surface area contributed by atoms with Crippen LogP contribution in [0.5, 0.6) is 11.5 Å². The smallest absolute Gasteiger partial charge is 0.221 e. The quantitative estimate of drug-likeness (QED) is 0.476. The lowest BCUT2D eigenvalue weighted by molar-refractivity contribution is -0.114. The molecule has 178 valence electrons. The summed E-state index contributed by atoms with van der Waals surface area (Å²) in [5.74, 6) is 1.28. The van der Waals surface area contributed by atoms with Gasteiger partial charge in [-0.1, -0.05) is 39.0 Å². The molecule has 0 radical (unpaired) electrons. The van der Waals surface area contributed by atoms with E-state index in [1.165, 1.54) is 6.92 Å². The lowest BCUT2D eigenvalue weighted by Gasteiger charge is -2.15. The molecule has 2 N–H and O–H groups in total. The van der Waals surface area contributed by atoms with Crippen LogP contribution in [0.1, 0.15) is 53.0 Å². The molecule has 0 bridgehead atoms. The van der Waals surface area contributed by atoms with Gasteiger partial charge in [0.15, 0.2) is 0 Å². The fourth-order valence-electron chi connectivity index (χ4n) is 2.60. The molecule has 8 heteroatoms. The third kappa shape index (κ3) is 9.70. The average Bonchev–Trinajstić information content (AvgIpc) is 2.76. The molecule has 0 spiro atoms. The van der Waals surface area contributed by atoms with Crippen molar-refractivity contribution >= 4 is 21.6 Å². The van der Waals surface area contributed by atoms with E-state index in [2.05, 4.69) is 10.0 Å². The molecule has 0 aliphatic carbocycles. The minimum atomic E-state index is -3.27. The molecule has 32 heavy (non-hydrogen) atoms. The summed E-state index contributed by atoms with van der Waals surface area (Å²) in [4.78, 5) is 11.1. The van der Waals surface area contributed by atoms with Crippen LogP contribution in [0.4, 0.5) is 5.69 Å². The monoisotopic (exact) mass is 464 g/mol. The van der Waals surface area contributed by atoms with Gasteiger partial charge in [0, 0.05) is 25.2 Å². The van der Waals surface area contributed by atoms with Gasteiger partial charge in [0.05, 0.1) is 5.25 Å². The van der Waals surface area contributed by atoms with Gasteiger partial charge in [-0.2, -0.15) is 0 Å². The molecule has 7 nitrogen and oxygen atoms in total. The standard InChI is InChI=1S/C22H30N2O5S.C2H6/c1-16(2)30(26,27)23-15-17(3)19-8-10-21(11-9-19)28-12-13-29-22-7-5-6-20(14-22)24-18(4)25;1-2/h5-11,14,16-17,23H,12-13,15H2,1-4H3,(H,24,25);1-2H3. The zero-order chi connectivity index (χ0) is 24.1. The molecule has 0 saturated carbocycles. The number of nitrogens with one attached hydrogen (secondary N) is 2. The molecule has 2 rings (SSSR count). The van der Waals surface area contributed by atoms with E-state index >= 15 is 0 Å². The van der Waals surface area contributed by atoms with Gasteiger partial charge in [-0.25, -0.2) is 13.1 Å². The summed E-state index contributed by atoms with van der Waals surface area (Å²) >= 11 is 0. The van der Waals surface area contributed by atoms with Crippen molar-refractivity contribution < 1.29 is 22.7 Å². The highest BCUT2D eigenvalue weighted by Crippen LogP contribution is 2.20. The molecule has 0 saturated heterocycles. The molecule has 1 amide bonds. The van der Waals surface area contributed by atoms with E-state index in [0.29, 0.717) is 36.9 Å². The van der Waals surface area contributed by atoms with Crippen LogP contribution >= 0.6 is 0 Å². The second kappa shape index (κ2) is 13.8. The highest BCUT2D eigenvalue weighted by molar-refractivity contribution is 7.90. The van der Waals surface area contributed by atoms with Gasteiger partial charge < -0.3 is 14.8 Å². The SMILES string of the molecule is CC.CC(=O)Nc1cccc(OCCOc2ccc(C(C)CNS(=O)(=O)C(C)C)cc2)c1. The normalized spacial score (nSPS) is 11.8. The Morgan fingerprint density at radius 2 is 1.53 bits per heavy atom. The molecule has 0 aliphatic rings. The van der Waals surface area contributed by atoms with Crippen molar-refractivity contribution in [2.75, 3.05) is 25.1 Å². The number of sulfonamides is 1. The number of anilines is 1. The number of amides is 1. The molecule has 2 aromatic rings. The molecule has 0 heterocycles. The summed E-state index contributed by atoms with van der Waals surface area (Å²) in [5, 5.41) is 2.26. The van der Waals surface area contributed by atoms with Gasteiger partial charge in [0.2, 0.25) is 15.9 Å². The fraction of sp³-hybridized carbons (Fsp3) is 0.458. The highest BCUT2D eigenvalue weighted by Gasteiger charge is 2.17. The largest absolute Gasteiger partial charge is 0.490 e. The van der Waals surface area contributed by atoms with Crippen LogP contribution in [-0.2, 0) is 14.8 Å². The first kappa shape index (κ1) is 27.5. The Bertz CT molecular complexity index is 928. The topological polar surface area (TPSA) is 93.7 Å². The van der Waals surface area contributed by atoms with Gasteiger partial charge in [0.25, 0.3) is 0 Å². The van der Waals surface area contributed by atoms with Gasteiger partial charge in [-0.05, 0) is 49.6 Å². The maximum atomic E-state index is 11.9. The second-order valence-corrected chi connectivity index (χ2v) is 9.64. The van der Waals surface area contributed by atoms with Gasteiger partial charge >= 0.3 is 0 Å². The van der Waals surface area contributed by atoms with Crippen LogP contribution in [0.25, 0.3) is 0 Å². The molecular formula is C24H36N2O5S. The van der Waals surface area contributed by atoms with E-state index in [0.717, 1.165) is 5.56 Å². The predicted molar refractivity (Wildman–Crippen MR) is 130 cm³/mol. The Morgan fingerprint density at radius 3 is 2.09 bits per heavy atom. The van der Waals surface area contributed by atoms with Crippen molar-refractivity contribution in [3.63, 3.8) is 0 Å². The van der Waals surface area contributed by atoms with Crippen molar-refractivity contribution in [1.29, 1.82) is 0 Å². The first-order valence-electron chi connectivity index (χ1n) is 10.9. The van der Waals surface area contributed by atoms with Crippen molar-refractivity contribution in [2.45, 2.75) is 52.7 Å².